The van der Waals surface area contributed by atoms with E-state index in [1.165, 1.54) is 0 Å². The molecule has 6 heteroatoms. The largest absolute Gasteiger partial charge is 0.391 e. The van der Waals surface area contributed by atoms with E-state index in [-0.39, 0.29) is 18.1 Å². The number of nitrogens with one attached hydrogen (secondary N) is 1. The molecule has 0 spiro atoms. The van der Waals surface area contributed by atoms with Crippen LogP contribution in [-0.2, 0) is 6.54 Å². The van der Waals surface area contributed by atoms with Crippen molar-refractivity contribution in [1.82, 2.24) is 9.55 Å². The zero-order valence-electron chi connectivity index (χ0n) is 9.01. The highest BCUT2D eigenvalue weighted by Crippen LogP contribution is 2.02. The van der Waals surface area contributed by atoms with Gasteiger partial charge in [-0.2, -0.15) is 0 Å². The fourth-order valence-electron chi connectivity index (χ4n) is 1.51. The summed E-state index contributed by atoms with van der Waals surface area (Å²) < 4.78 is 1.01. The minimum atomic E-state index is -0.574. The number of H-pyrrole nitrogens is 1. The minimum Gasteiger partial charge on any atom is -0.391 e. The zero-order valence-corrected chi connectivity index (χ0v) is 9.01. The van der Waals surface area contributed by atoms with E-state index < -0.39 is 11.2 Å². The summed E-state index contributed by atoms with van der Waals surface area (Å²) in [6.07, 6.45) is 0. The number of aromatic nitrogens is 2. The summed E-state index contributed by atoms with van der Waals surface area (Å²) in [5.74, 6) is -0.0932. The molecule has 17 heavy (non-hydrogen) atoms. The Morgan fingerprint density at radius 1 is 1.12 bits per heavy atom. The van der Waals surface area contributed by atoms with Crippen LogP contribution in [0.3, 0.4) is 0 Å². The van der Waals surface area contributed by atoms with Crippen LogP contribution in [0, 0.1) is 0 Å². The van der Waals surface area contributed by atoms with Gasteiger partial charge in [0.25, 0.3) is 5.56 Å². The van der Waals surface area contributed by atoms with Crippen molar-refractivity contribution in [2.45, 2.75) is 6.54 Å². The van der Waals surface area contributed by atoms with Gasteiger partial charge >= 0.3 is 5.69 Å². The Morgan fingerprint density at radius 2 is 1.76 bits per heavy atom. The van der Waals surface area contributed by atoms with Gasteiger partial charge in [0.15, 0.2) is 0 Å². The molecule has 5 N–H and O–H groups in total. The number of benzene rings is 1. The van der Waals surface area contributed by atoms with E-state index in [0.29, 0.717) is 0 Å². The molecule has 0 atom stereocenters. The lowest BCUT2D eigenvalue weighted by Crippen LogP contribution is -2.37. The first-order valence-corrected chi connectivity index (χ1v) is 5.01. The highest BCUT2D eigenvalue weighted by Gasteiger charge is 2.08. The normalized spacial score (nSPS) is 10.4. The lowest BCUT2D eigenvalue weighted by Gasteiger charge is -2.06. The molecule has 1 aromatic carbocycles. The van der Waals surface area contributed by atoms with Crippen molar-refractivity contribution < 1.29 is 0 Å². The number of hydrogen-bond donors (Lipinski definition) is 3. The fourth-order valence-corrected chi connectivity index (χ4v) is 1.51. The van der Waals surface area contributed by atoms with E-state index in [1.54, 1.807) is 0 Å². The van der Waals surface area contributed by atoms with Crippen LogP contribution in [0.4, 0.5) is 11.5 Å². The van der Waals surface area contributed by atoms with E-state index in [0.717, 1.165) is 10.1 Å². The number of hydrogen-bond acceptors (Lipinski definition) is 4. The molecule has 0 fully saturated rings. The van der Waals surface area contributed by atoms with Gasteiger partial charge in [0.1, 0.15) is 11.5 Å². The van der Waals surface area contributed by atoms with Crippen LogP contribution in [-0.4, -0.2) is 9.55 Å². The van der Waals surface area contributed by atoms with Gasteiger partial charge in [-0.15, -0.1) is 0 Å². The molecule has 0 saturated carbocycles. The molecule has 88 valence electrons. The van der Waals surface area contributed by atoms with Crippen molar-refractivity contribution in [3.8, 4) is 0 Å². The summed E-state index contributed by atoms with van der Waals surface area (Å²) >= 11 is 0. The van der Waals surface area contributed by atoms with Gasteiger partial charge in [-0.1, -0.05) is 30.3 Å². The zero-order chi connectivity index (χ0) is 12.4. The van der Waals surface area contributed by atoms with Gasteiger partial charge in [-0.25, -0.2) is 4.79 Å². The molecule has 2 aromatic rings. The first-order valence-electron chi connectivity index (χ1n) is 5.01. The molecular weight excluding hydrogens is 220 g/mol. The molecule has 0 amide bonds. The number of nitrogen functional groups attached to an aromatic ring is 2. The van der Waals surface area contributed by atoms with Crippen LogP contribution < -0.4 is 22.7 Å². The quantitative estimate of drug-likeness (QED) is 0.663. The Balaban J connectivity index is 2.51. The van der Waals surface area contributed by atoms with Crippen LogP contribution in [0.25, 0.3) is 0 Å². The molecule has 0 bridgehead atoms. The summed E-state index contributed by atoms with van der Waals surface area (Å²) in [5.41, 5.74) is 10.4. The third-order valence-corrected chi connectivity index (χ3v) is 2.44. The minimum absolute atomic E-state index is 0.0932. The number of aromatic amines is 1. The Kier molecular flexibility index (Phi) is 2.70. The molecule has 0 unspecified atom stereocenters. The van der Waals surface area contributed by atoms with E-state index >= 15 is 0 Å². The number of anilines is 2. The maximum absolute atomic E-state index is 11.8. The van der Waals surface area contributed by atoms with Gasteiger partial charge in [-0.05, 0) is 5.56 Å². The van der Waals surface area contributed by atoms with Gasteiger partial charge in [-0.3, -0.25) is 14.3 Å². The molecule has 0 aliphatic rings. The van der Waals surface area contributed by atoms with E-state index in [1.807, 2.05) is 30.3 Å². The summed E-state index contributed by atoms with van der Waals surface area (Å²) in [4.78, 5) is 25.7. The van der Waals surface area contributed by atoms with Crippen LogP contribution in [0.5, 0.6) is 0 Å². The third-order valence-electron chi connectivity index (χ3n) is 2.44. The Morgan fingerprint density at radius 3 is 2.41 bits per heavy atom. The van der Waals surface area contributed by atoms with Crippen molar-refractivity contribution in [2.24, 2.45) is 0 Å². The van der Waals surface area contributed by atoms with E-state index in [9.17, 15) is 9.59 Å². The molecule has 1 aromatic heterocycles. The highest BCUT2D eigenvalue weighted by atomic mass is 16.2. The lowest BCUT2D eigenvalue weighted by molar-refractivity contribution is 0.704. The van der Waals surface area contributed by atoms with Crippen LogP contribution in [0.2, 0.25) is 0 Å². The van der Waals surface area contributed by atoms with Crippen molar-refractivity contribution in [3.05, 3.63) is 56.7 Å². The molecule has 0 radical (unpaired) electrons. The predicted octanol–water partition coefficient (Wildman–Crippen LogP) is -0.251. The highest BCUT2D eigenvalue weighted by molar-refractivity contribution is 5.55. The second kappa shape index (κ2) is 4.17. The molecule has 0 aliphatic heterocycles. The fraction of sp³-hybridized carbons (Fsp3) is 0.0909. The molecular formula is C11H12N4O2. The SMILES string of the molecule is Nc1[nH]c(=O)n(Cc2ccccc2)c(=O)c1N. The summed E-state index contributed by atoms with van der Waals surface area (Å²) in [5, 5.41) is 0. The maximum Gasteiger partial charge on any atom is 0.330 e. The molecule has 2 rings (SSSR count). The van der Waals surface area contributed by atoms with Gasteiger partial charge in [0, 0.05) is 0 Å². The van der Waals surface area contributed by atoms with E-state index in [4.69, 9.17) is 11.5 Å². The molecule has 0 aliphatic carbocycles. The van der Waals surface area contributed by atoms with Gasteiger partial charge in [0.05, 0.1) is 6.54 Å². The topological polar surface area (TPSA) is 107 Å². The number of rotatable bonds is 2. The van der Waals surface area contributed by atoms with E-state index in [2.05, 4.69) is 4.98 Å². The molecule has 6 nitrogen and oxygen atoms in total. The summed E-state index contributed by atoms with van der Waals surface area (Å²) in [7, 11) is 0. The monoisotopic (exact) mass is 232 g/mol. The molecule has 1 heterocycles. The summed E-state index contributed by atoms with van der Waals surface area (Å²) in [6.45, 7) is 0.166. The lowest BCUT2D eigenvalue weighted by atomic mass is 10.2. The first kappa shape index (κ1) is 11.0. The average molecular weight is 232 g/mol. The van der Waals surface area contributed by atoms with Crippen LogP contribution in [0.1, 0.15) is 5.56 Å². The van der Waals surface area contributed by atoms with Crippen molar-refractivity contribution in [3.63, 3.8) is 0 Å². The maximum atomic E-state index is 11.8. The van der Waals surface area contributed by atoms with Gasteiger partial charge in [0.2, 0.25) is 0 Å². The summed E-state index contributed by atoms with van der Waals surface area (Å²) in [6, 6.07) is 9.15. The smallest absolute Gasteiger partial charge is 0.330 e. The van der Waals surface area contributed by atoms with Crippen LogP contribution >= 0.6 is 0 Å². The van der Waals surface area contributed by atoms with Crippen molar-refractivity contribution >= 4 is 11.5 Å². The third kappa shape index (κ3) is 2.05. The Labute approximate surface area is 96.5 Å². The standard InChI is InChI=1S/C11H12N4O2/c12-8-9(13)14-11(17)15(10(8)16)6-7-4-2-1-3-5-7/h1-5H,6,12-13H2,(H,14,17). The number of nitrogens with zero attached hydrogens (tertiary/aromatic N) is 1. The average Bonchev–Trinajstić information content (AvgIpc) is 2.33. The van der Waals surface area contributed by atoms with Gasteiger partial charge < -0.3 is 11.5 Å². The molecule has 0 saturated heterocycles. The second-order valence-electron chi connectivity index (χ2n) is 3.63. The second-order valence-corrected chi connectivity index (χ2v) is 3.63. The Bertz CT molecular complexity index is 643. The first-order chi connectivity index (χ1) is 8.09. The predicted molar refractivity (Wildman–Crippen MR) is 65.7 cm³/mol. The van der Waals surface area contributed by atoms with Crippen molar-refractivity contribution in [1.29, 1.82) is 0 Å². The van der Waals surface area contributed by atoms with Crippen LogP contribution in [0.15, 0.2) is 39.9 Å². The number of nitrogens with two attached hydrogens (primary N) is 2. The van der Waals surface area contributed by atoms with Crippen molar-refractivity contribution in [2.75, 3.05) is 11.5 Å². The Hall–Kier alpha value is -2.50.